The third-order valence-electron chi connectivity index (χ3n) is 10.9. The Morgan fingerprint density at radius 3 is 1.18 bits per heavy atom. The van der Waals surface area contributed by atoms with Crippen molar-refractivity contribution in [2.45, 2.75) is 129 Å². The molecule has 0 heterocycles. The summed E-state index contributed by atoms with van der Waals surface area (Å²) < 4.78 is 24.9. The Morgan fingerprint density at radius 2 is 0.900 bits per heavy atom. The first-order valence-corrected chi connectivity index (χ1v) is 24.4. The number of unbranched alkanes of at least 4 members (excludes halogenated alkanes) is 2. The summed E-state index contributed by atoms with van der Waals surface area (Å²) >= 11 is 0. The molecule has 2 aromatic carbocycles. The number of hydrogen-bond acceptors (Lipinski definition) is 6. The van der Waals surface area contributed by atoms with Crippen molar-refractivity contribution in [3.05, 3.63) is 84.0 Å². The molecule has 6 nitrogen and oxygen atoms in total. The van der Waals surface area contributed by atoms with Crippen LogP contribution in [0.15, 0.2) is 72.8 Å². The summed E-state index contributed by atoms with van der Waals surface area (Å²) in [6, 6.07) is 15.9. The fourth-order valence-electron chi connectivity index (χ4n) is 5.73. The van der Waals surface area contributed by atoms with Gasteiger partial charge in [0, 0.05) is 11.8 Å². The van der Waals surface area contributed by atoms with Crippen LogP contribution in [0.3, 0.4) is 0 Å². The molecule has 0 saturated heterocycles. The third kappa shape index (κ3) is 10.5. The van der Waals surface area contributed by atoms with E-state index in [1.54, 1.807) is 0 Å². The highest BCUT2D eigenvalue weighted by Crippen LogP contribution is 2.59. The third-order valence-corrected chi connectivity index (χ3v) is 19.6. The van der Waals surface area contributed by atoms with Gasteiger partial charge in [0.15, 0.2) is 0 Å². The van der Waals surface area contributed by atoms with Crippen LogP contribution in [0, 0.1) is 11.8 Å². The number of rotatable bonds is 16. The summed E-state index contributed by atoms with van der Waals surface area (Å²) in [7, 11) is -4.10. The van der Waals surface area contributed by atoms with Crippen molar-refractivity contribution in [1.82, 2.24) is 0 Å². The van der Waals surface area contributed by atoms with Gasteiger partial charge in [-0.1, -0.05) is 117 Å². The summed E-state index contributed by atoms with van der Waals surface area (Å²) in [5.74, 6) is -0.979. The quantitative estimate of drug-likeness (QED) is 0.0977. The van der Waals surface area contributed by atoms with E-state index >= 15 is 0 Å². The lowest BCUT2D eigenvalue weighted by molar-refractivity contribution is -0.166. The van der Waals surface area contributed by atoms with Gasteiger partial charge in [0.2, 0.25) is 16.6 Å². The molecule has 0 atom stereocenters. The lowest BCUT2D eigenvalue weighted by Crippen LogP contribution is -2.52. The minimum absolute atomic E-state index is 0.0546. The normalized spacial score (nSPS) is 20.1. The Bertz CT molecular complexity index is 1330. The number of ether oxygens (including phenoxy) is 2. The molecule has 276 valence electrons. The number of hydrogen-bond donors (Lipinski definition) is 0. The molecule has 0 spiro atoms. The van der Waals surface area contributed by atoms with Gasteiger partial charge in [-0.25, -0.2) is 0 Å². The van der Waals surface area contributed by atoms with E-state index < -0.39 is 40.3 Å². The van der Waals surface area contributed by atoms with Gasteiger partial charge in [0.1, 0.15) is 24.7 Å². The van der Waals surface area contributed by atoms with Crippen LogP contribution < -0.4 is 8.85 Å². The first-order chi connectivity index (χ1) is 23.3. The van der Waals surface area contributed by atoms with Crippen LogP contribution in [0.25, 0.3) is 0 Å². The molecule has 1 fully saturated rings. The van der Waals surface area contributed by atoms with E-state index in [-0.39, 0.29) is 35.2 Å². The Balaban J connectivity index is 2.03. The van der Waals surface area contributed by atoms with Crippen LogP contribution in [0.4, 0.5) is 0 Å². The summed E-state index contributed by atoms with van der Waals surface area (Å²) in [6.45, 7) is 26.8. The maximum absolute atomic E-state index is 14.0. The largest absolute Gasteiger partial charge is 0.544 e. The van der Waals surface area contributed by atoms with Crippen molar-refractivity contribution in [3.63, 3.8) is 0 Å². The molecule has 0 amide bonds. The van der Waals surface area contributed by atoms with Crippen molar-refractivity contribution in [3.8, 4) is 11.5 Å². The van der Waals surface area contributed by atoms with Crippen LogP contribution in [-0.2, 0) is 19.1 Å². The van der Waals surface area contributed by atoms with Crippen LogP contribution in [0.5, 0.6) is 11.5 Å². The highest BCUT2D eigenvalue weighted by molar-refractivity contribution is 6.75. The summed E-state index contributed by atoms with van der Waals surface area (Å²) in [6.07, 6.45) is 11.8. The Morgan fingerprint density at radius 1 is 0.580 bits per heavy atom. The average molecular weight is 721 g/mol. The van der Waals surface area contributed by atoms with Crippen LogP contribution in [0.2, 0.25) is 36.3 Å². The number of esters is 2. The van der Waals surface area contributed by atoms with Gasteiger partial charge in [-0.2, -0.15) is 0 Å². The molecule has 8 heteroatoms. The van der Waals surface area contributed by atoms with Crippen LogP contribution in [-0.4, -0.2) is 41.8 Å². The second-order valence-corrected chi connectivity index (χ2v) is 26.2. The van der Waals surface area contributed by atoms with E-state index in [1.807, 2.05) is 72.8 Å². The van der Waals surface area contributed by atoms with Gasteiger partial charge in [-0.05, 0) is 84.5 Å². The average Bonchev–Trinajstić information content (AvgIpc) is 3.00. The molecular formula is C42H64O6Si2. The van der Waals surface area contributed by atoms with Crippen molar-refractivity contribution < 1.29 is 27.9 Å². The number of carbonyl (C=O) groups is 2. The van der Waals surface area contributed by atoms with E-state index in [0.29, 0.717) is 0 Å². The predicted octanol–water partition coefficient (Wildman–Crippen LogP) is 11.4. The van der Waals surface area contributed by atoms with Crippen molar-refractivity contribution >= 4 is 28.6 Å². The molecular weight excluding hydrogens is 657 g/mol. The second kappa shape index (κ2) is 17.4. The fraction of sp³-hybridized carbons (Fsp3) is 0.571. The molecule has 1 aliphatic rings. The van der Waals surface area contributed by atoms with Gasteiger partial charge in [0.05, 0.1) is 11.8 Å². The van der Waals surface area contributed by atoms with E-state index in [4.69, 9.17) is 18.3 Å². The molecule has 0 bridgehead atoms. The Kier molecular flexibility index (Phi) is 14.4. The zero-order chi connectivity index (χ0) is 37.3. The van der Waals surface area contributed by atoms with Crippen LogP contribution in [0.1, 0.15) is 104 Å². The van der Waals surface area contributed by atoms with E-state index in [1.165, 1.54) is 0 Å². The first-order valence-electron chi connectivity index (χ1n) is 18.6. The van der Waals surface area contributed by atoms with E-state index in [9.17, 15) is 9.59 Å². The molecule has 1 aliphatic carbocycles. The molecule has 0 N–H and O–H groups in total. The highest BCUT2D eigenvalue weighted by Gasteiger charge is 2.59. The van der Waals surface area contributed by atoms with E-state index in [2.05, 4.69) is 81.6 Å². The predicted molar refractivity (Wildman–Crippen MR) is 211 cm³/mol. The Hall–Kier alpha value is -3.11. The van der Waals surface area contributed by atoms with Crippen molar-refractivity contribution in [1.29, 1.82) is 0 Å². The Labute approximate surface area is 305 Å². The minimum Gasteiger partial charge on any atom is -0.544 e. The molecule has 0 aromatic heterocycles. The summed E-state index contributed by atoms with van der Waals surface area (Å²) in [5.41, 5.74) is 1.79. The zero-order valence-corrected chi connectivity index (χ0v) is 34.9. The number of carbonyl (C=O) groups excluding carboxylic acids is 2. The fourth-order valence-corrected chi connectivity index (χ4v) is 7.80. The smallest absolute Gasteiger partial charge is 0.310 e. The standard InChI is InChI=1S/C42H64O6Si2/c1-13-15-17-19-29-45-39(43)37-35(31-21-25-33(26-22-31)47-49(9,10)41(3,4)5)38(40(44)46-30-20-18-16-14-2)36(37)32-23-27-34(28-24-32)48-50(11,12)42(6,7)8/h17-28,35-38H,13-16,29-30H2,1-12H3/b19-17+,20-18+. The maximum atomic E-state index is 14.0. The minimum atomic E-state index is -2.05. The molecule has 50 heavy (non-hydrogen) atoms. The van der Waals surface area contributed by atoms with Gasteiger partial charge < -0.3 is 18.3 Å². The zero-order valence-electron chi connectivity index (χ0n) is 32.9. The summed E-state index contributed by atoms with van der Waals surface area (Å²) in [4.78, 5) is 28.0. The lowest BCUT2D eigenvalue weighted by atomic mass is 9.52. The van der Waals surface area contributed by atoms with Gasteiger partial charge >= 0.3 is 11.9 Å². The molecule has 2 aromatic rings. The SMILES string of the molecule is CCC/C=C/COC(=O)C1C(c2ccc(O[Si](C)(C)C(C)(C)C)cc2)C(C(=O)OC/C=C/CCC)C1c1ccc(O[Si](C)(C)C(C)(C)C)cc1. The van der Waals surface area contributed by atoms with E-state index in [0.717, 1.165) is 48.3 Å². The van der Waals surface area contributed by atoms with Gasteiger partial charge in [0.25, 0.3) is 0 Å². The van der Waals surface area contributed by atoms with Crippen LogP contribution >= 0.6 is 0 Å². The first kappa shape index (κ1) is 41.3. The summed E-state index contributed by atoms with van der Waals surface area (Å²) in [5, 5.41) is 0.109. The monoisotopic (exact) mass is 720 g/mol. The molecule has 0 aliphatic heterocycles. The molecule has 0 radical (unpaired) electrons. The van der Waals surface area contributed by atoms with Crippen molar-refractivity contribution in [2.75, 3.05) is 13.2 Å². The molecule has 1 saturated carbocycles. The van der Waals surface area contributed by atoms with Crippen molar-refractivity contribution in [2.24, 2.45) is 11.8 Å². The second-order valence-electron chi connectivity index (χ2n) is 16.7. The number of allylic oxidation sites excluding steroid dienone is 2. The number of benzene rings is 2. The molecule has 3 rings (SSSR count). The molecule has 0 unspecified atom stereocenters. The van der Waals surface area contributed by atoms with Gasteiger partial charge in [-0.15, -0.1) is 0 Å². The van der Waals surface area contributed by atoms with Gasteiger partial charge in [-0.3, -0.25) is 9.59 Å². The highest BCUT2D eigenvalue weighted by atomic mass is 28.4. The maximum Gasteiger partial charge on any atom is 0.310 e. The topological polar surface area (TPSA) is 71.1 Å². The lowest BCUT2D eigenvalue weighted by Gasteiger charge is -2.49.